The number of benzene rings is 3. The highest BCUT2D eigenvalue weighted by atomic mass is 32.2. The van der Waals surface area contributed by atoms with Crippen LogP contribution in [0.5, 0.6) is 0 Å². The topological polar surface area (TPSA) is 131 Å². The van der Waals surface area contributed by atoms with Crippen LogP contribution in [0, 0.1) is 12.7 Å². The standard InChI is InChI=1S/C28H34FN3O5S/c1-19-13-23(16-37-18-28(30,17-33)15-21-7-5-4-6-8-21)26(32-38(3,35)36)25(14-19)27(34)31-20(2)22-9-11-24(29)12-10-22/h4-14,20,32-33H,15-18,30H2,1-3H3,(H,31,34)/t20-,28?/m1/s1. The van der Waals surface area contributed by atoms with E-state index in [-0.39, 0.29) is 36.9 Å². The van der Waals surface area contributed by atoms with Gasteiger partial charge >= 0.3 is 0 Å². The Morgan fingerprint density at radius 1 is 1.13 bits per heavy atom. The van der Waals surface area contributed by atoms with E-state index in [9.17, 15) is 22.7 Å². The number of carbonyl (C=O) groups is 1. The molecule has 10 heteroatoms. The third-order valence-electron chi connectivity index (χ3n) is 5.98. The van der Waals surface area contributed by atoms with Crippen molar-refractivity contribution in [3.05, 3.63) is 100 Å². The number of carbonyl (C=O) groups excluding carboxylic acids is 1. The Labute approximate surface area is 223 Å². The van der Waals surface area contributed by atoms with E-state index in [0.29, 0.717) is 23.1 Å². The predicted octanol–water partition coefficient (Wildman–Crippen LogP) is 3.45. The third-order valence-corrected chi connectivity index (χ3v) is 6.55. The summed E-state index contributed by atoms with van der Waals surface area (Å²) in [6.07, 6.45) is 1.37. The maximum absolute atomic E-state index is 13.3. The quantitative estimate of drug-likeness (QED) is 0.277. The molecule has 0 aliphatic carbocycles. The van der Waals surface area contributed by atoms with Gasteiger partial charge in [-0.15, -0.1) is 0 Å². The lowest BCUT2D eigenvalue weighted by Crippen LogP contribution is -2.50. The molecule has 1 amide bonds. The fourth-order valence-electron chi connectivity index (χ4n) is 4.09. The van der Waals surface area contributed by atoms with E-state index in [1.54, 1.807) is 38.1 Å². The normalized spacial score (nSPS) is 13.9. The molecule has 5 N–H and O–H groups in total. The van der Waals surface area contributed by atoms with Crippen LogP contribution in [0.1, 0.15) is 45.6 Å². The minimum Gasteiger partial charge on any atom is -0.394 e. The van der Waals surface area contributed by atoms with Crippen LogP contribution in [0.3, 0.4) is 0 Å². The van der Waals surface area contributed by atoms with Crippen molar-refractivity contribution in [1.82, 2.24) is 5.32 Å². The molecule has 8 nitrogen and oxygen atoms in total. The highest BCUT2D eigenvalue weighted by Gasteiger charge is 2.26. The third kappa shape index (κ3) is 8.35. The molecule has 0 heterocycles. The highest BCUT2D eigenvalue weighted by Crippen LogP contribution is 2.27. The molecule has 0 saturated heterocycles. The molecule has 204 valence electrons. The summed E-state index contributed by atoms with van der Waals surface area (Å²) in [5.41, 5.74) is 8.33. The molecule has 0 radical (unpaired) electrons. The summed E-state index contributed by atoms with van der Waals surface area (Å²) in [5.74, 6) is -0.896. The number of amides is 1. The zero-order chi connectivity index (χ0) is 27.9. The second-order valence-electron chi connectivity index (χ2n) is 9.64. The maximum Gasteiger partial charge on any atom is 0.253 e. The molecule has 0 aliphatic rings. The molecule has 3 rings (SSSR count). The Kier molecular flexibility index (Phi) is 9.61. The molecule has 38 heavy (non-hydrogen) atoms. The first kappa shape index (κ1) is 29.2. The van der Waals surface area contributed by atoms with Crippen molar-refractivity contribution >= 4 is 21.6 Å². The minimum absolute atomic E-state index is 0.00617. The smallest absolute Gasteiger partial charge is 0.253 e. The second-order valence-corrected chi connectivity index (χ2v) is 11.4. The van der Waals surface area contributed by atoms with Crippen molar-refractivity contribution in [3.63, 3.8) is 0 Å². The van der Waals surface area contributed by atoms with E-state index >= 15 is 0 Å². The van der Waals surface area contributed by atoms with Gasteiger partial charge in [0.05, 0.1) is 48.9 Å². The number of nitrogens with two attached hydrogens (primary N) is 1. The largest absolute Gasteiger partial charge is 0.394 e. The van der Waals surface area contributed by atoms with Crippen molar-refractivity contribution in [2.45, 2.75) is 38.5 Å². The van der Waals surface area contributed by atoms with Crippen LogP contribution in [0.15, 0.2) is 66.7 Å². The number of sulfonamides is 1. The van der Waals surface area contributed by atoms with Gasteiger partial charge in [-0.25, -0.2) is 12.8 Å². The van der Waals surface area contributed by atoms with Crippen molar-refractivity contribution in [3.8, 4) is 0 Å². The zero-order valence-corrected chi connectivity index (χ0v) is 22.5. The lowest BCUT2D eigenvalue weighted by Gasteiger charge is -2.27. The first-order valence-corrected chi connectivity index (χ1v) is 14.0. The molecule has 0 saturated carbocycles. The van der Waals surface area contributed by atoms with E-state index in [4.69, 9.17) is 10.5 Å². The Balaban J connectivity index is 1.83. The summed E-state index contributed by atoms with van der Waals surface area (Å²) in [6, 6.07) is 18.1. The lowest BCUT2D eigenvalue weighted by molar-refractivity contribution is 0.0459. The van der Waals surface area contributed by atoms with Gasteiger partial charge in [-0.2, -0.15) is 0 Å². The van der Waals surface area contributed by atoms with Gasteiger partial charge in [0.15, 0.2) is 0 Å². The Bertz CT molecular complexity index is 1350. The van der Waals surface area contributed by atoms with Gasteiger partial charge in [-0.1, -0.05) is 48.5 Å². The number of aryl methyl sites for hydroxylation is 1. The molecule has 3 aromatic carbocycles. The van der Waals surface area contributed by atoms with Crippen LogP contribution in [0.25, 0.3) is 0 Å². The number of nitrogens with one attached hydrogen (secondary N) is 2. The summed E-state index contributed by atoms with van der Waals surface area (Å²) in [6.45, 7) is 3.15. The van der Waals surface area contributed by atoms with Gasteiger partial charge in [0.1, 0.15) is 5.82 Å². The van der Waals surface area contributed by atoms with Crippen LogP contribution in [0.2, 0.25) is 0 Å². The van der Waals surface area contributed by atoms with E-state index in [1.165, 1.54) is 12.1 Å². The number of aliphatic hydroxyl groups is 1. The monoisotopic (exact) mass is 543 g/mol. The van der Waals surface area contributed by atoms with Crippen LogP contribution in [-0.4, -0.2) is 44.4 Å². The first-order valence-electron chi connectivity index (χ1n) is 12.1. The SMILES string of the molecule is Cc1cc(COCC(N)(CO)Cc2ccccc2)c(NS(C)(=O)=O)c(C(=O)N[C@H](C)c2ccc(F)cc2)c1. The van der Waals surface area contributed by atoms with Gasteiger partial charge in [-0.05, 0) is 55.2 Å². The second kappa shape index (κ2) is 12.5. The molecule has 0 aromatic heterocycles. The molecule has 0 spiro atoms. The first-order chi connectivity index (χ1) is 17.9. The van der Waals surface area contributed by atoms with Crippen molar-refractivity contribution < 1.29 is 27.4 Å². The summed E-state index contributed by atoms with van der Waals surface area (Å²) in [7, 11) is -3.74. The summed E-state index contributed by atoms with van der Waals surface area (Å²) in [4.78, 5) is 13.3. The Morgan fingerprint density at radius 3 is 2.39 bits per heavy atom. The molecular weight excluding hydrogens is 509 g/mol. The van der Waals surface area contributed by atoms with Crippen LogP contribution in [0.4, 0.5) is 10.1 Å². The van der Waals surface area contributed by atoms with E-state index in [2.05, 4.69) is 10.0 Å². The number of hydrogen-bond donors (Lipinski definition) is 4. The van der Waals surface area contributed by atoms with Gasteiger partial charge in [0, 0.05) is 5.56 Å². The van der Waals surface area contributed by atoms with Crippen LogP contribution >= 0.6 is 0 Å². The predicted molar refractivity (Wildman–Crippen MR) is 146 cm³/mol. The fourth-order valence-corrected chi connectivity index (χ4v) is 4.70. The Morgan fingerprint density at radius 2 is 1.79 bits per heavy atom. The highest BCUT2D eigenvalue weighted by molar-refractivity contribution is 7.92. The lowest BCUT2D eigenvalue weighted by atomic mass is 9.93. The Hall–Kier alpha value is -3.31. The average Bonchev–Trinajstić information content (AvgIpc) is 2.85. The number of aliphatic hydroxyl groups excluding tert-OH is 1. The zero-order valence-electron chi connectivity index (χ0n) is 21.7. The summed E-state index contributed by atoms with van der Waals surface area (Å²) in [5, 5.41) is 12.8. The van der Waals surface area contributed by atoms with Crippen molar-refractivity contribution in [2.24, 2.45) is 5.73 Å². The van der Waals surface area contributed by atoms with E-state index < -0.39 is 27.5 Å². The number of rotatable bonds is 12. The van der Waals surface area contributed by atoms with Gasteiger partial charge in [0.25, 0.3) is 5.91 Å². The van der Waals surface area contributed by atoms with Gasteiger partial charge < -0.3 is 20.9 Å². The van der Waals surface area contributed by atoms with Gasteiger partial charge in [0.2, 0.25) is 10.0 Å². The van der Waals surface area contributed by atoms with Crippen LogP contribution in [-0.2, 0) is 27.8 Å². The van der Waals surface area contributed by atoms with Gasteiger partial charge in [-0.3, -0.25) is 9.52 Å². The summed E-state index contributed by atoms with van der Waals surface area (Å²) < 4.78 is 46.0. The average molecular weight is 544 g/mol. The molecule has 1 unspecified atom stereocenters. The molecular formula is C28H34FN3O5S. The maximum atomic E-state index is 13.3. The molecule has 0 bridgehead atoms. The molecule has 3 aromatic rings. The molecule has 2 atom stereocenters. The number of hydrogen-bond acceptors (Lipinski definition) is 6. The number of anilines is 1. The van der Waals surface area contributed by atoms with Crippen LogP contribution < -0.4 is 15.8 Å². The fraction of sp³-hybridized carbons (Fsp3) is 0.321. The number of halogens is 1. The number of ether oxygens (including phenoxy) is 1. The van der Waals surface area contributed by atoms with E-state index in [1.807, 2.05) is 30.3 Å². The van der Waals surface area contributed by atoms with E-state index in [0.717, 1.165) is 11.8 Å². The molecule has 0 fully saturated rings. The molecule has 0 aliphatic heterocycles. The van der Waals surface area contributed by atoms with Crippen molar-refractivity contribution in [2.75, 3.05) is 24.2 Å². The summed E-state index contributed by atoms with van der Waals surface area (Å²) >= 11 is 0. The van der Waals surface area contributed by atoms with Crippen molar-refractivity contribution in [1.29, 1.82) is 0 Å². The minimum atomic E-state index is -3.74.